The first kappa shape index (κ1) is 10.9. The lowest BCUT2D eigenvalue weighted by Gasteiger charge is -2.27. The minimum atomic E-state index is -0.277. The van der Waals surface area contributed by atoms with Gasteiger partial charge in [-0.15, -0.1) is 0 Å². The summed E-state index contributed by atoms with van der Waals surface area (Å²) >= 11 is 0. The SMILES string of the molecule is O=C(CCC1CCN1)OC1CCCCO1. The van der Waals surface area contributed by atoms with Crippen molar-refractivity contribution in [1.82, 2.24) is 5.32 Å². The van der Waals surface area contributed by atoms with Crippen LogP contribution in [0.4, 0.5) is 0 Å². The van der Waals surface area contributed by atoms with Crippen LogP contribution < -0.4 is 5.32 Å². The highest BCUT2D eigenvalue weighted by atomic mass is 16.7. The van der Waals surface area contributed by atoms with Gasteiger partial charge in [0.1, 0.15) is 0 Å². The molecule has 0 aromatic carbocycles. The molecule has 2 rings (SSSR count). The maximum absolute atomic E-state index is 11.4. The first-order valence-electron chi connectivity index (χ1n) is 5.89. The maximum Gasteiger partial charge on any atom is 0.308 e. The number of hydrogen-bond donors (Lipinski definition) is 1. The molecule has 4 heteroatoms. The third-order valence-corrected chi connectivity index (χ3v) is 3.02. The fourth-order valence-corrected chi connectivity index (χ4v) is 1.90. The van der Waals surface area contributed by atoms with Crippen molar-refractivity contribution in [2.45, 2.75) is 50.9 Å². The molecule has 2 heterocycles. The van der Waals surface area contributed by atoms with Crippen molar-refractivity contribution in [3.8, 4) is 0 Å². The molecule has 2 aliphatic heterocycles. The Morgan fingerprint density at radius 2 is 2.27 bits per heavy atom. The molecule has 0 aliphatic carbocycles. The number of esters is 1. The van der Waals surface area contributed by atoms with Gasteiger partial charge in [0.15, 0.2) is 0 Å². The fourth-order valence-electron chi connectivity index (χ4n) is 1.90. The number of hydrogen-bond acceptors (Lipinski definition) is 4. The second kappa shape index (κ2) is 5.47. The molecule has 2 saturated heterocycles. The Hall–Kier alpha value is -0.610. The van der Waals surface area contributed by atoms with Gasteiger partial charge in [-0.25, -0.2) is 0 Å². The van der Waals surface area contributed by atoms with Gasteiger partial charge in [-0.3, -0.25) is 4.79 Å². The molecule has 4 nitrogen and oxygen atoms in total. The second-order valence-corrected chi connectivity index (χ2v) is 4.26. The van der Waals surface area contributed by atoms with E-state index in [1.165, 1.54) is 6.42 Å². The van der Waals surface area contributed by atoms with Crippen LogP contribution >= 0.6 is 0 Å². The van der Waals surface area contributed by atoms with E-state index in [0.717, 1.165) is 38.8 Å². The van der Waals surface area contributed by atoms with Crippen molar-refractivity contribution >= 4 is 5.97 Å². The summed E-state index contributed by atoms with van der Waals surface area (Å²) in [4.78, 5) is 11.4. The number of ether oxygens (including phenoxy) is 2. The summed E-state index contributed by atoms with van der Waals surface area (Å²) in [7, 11) is 0. The number of rotatable bonds is 4. The highest BCUT2D eigenvalue weighted by Gasteiger charge is 2.21. The first-order valence-corrected chi connectivity index (χ1v) is 5.89. The average Bonchev–Trinajstić information content (AvgIpc) is 2.17. The molecule has 0 saturated carbocycles. The summed E-state index contributed by atoms with van der Waals surface area (Å²) in [5.41, 5.74) is 0. The molecule has 2 unspecified atom stereocenters. The van der Waals surface area contributed by atoms with Crippen LogP contribution in [-0.2, 0) is 14.3 Å². The van der Waals surface area contributed by atoms with Crippen molar-refractivity contribution < 1.29 is 14.3 Å². The van der Waals surface area contributed by atoms with E-state index >= 15 is 0 Å². The van der Waals surface area contributed by atoms with Gasteiger partial charge in [0.25, 0.3) is 0 Å². The van der Waals surface area contributed by atoms with Gasteiger partial charge in [-0.1, -0.05) is 0 Å². The Balaban J connectivity index is 1.58. The van der Waals surface area contributed by atoms with E-state index in [9.17, 15) is 4.79 Å². The van der Waals surface area contributed by atoms with Crippen LogP contribution in [0.25, 0.3) is 0 Å². The molecule has 0 radical (unpaired) electrons. The maximum atomic E-state index is 11.4. The van der Waals surface area contributed by atoms with Gasteiger partial charge in [-0.05, 0) is 32.2 Å². The average molecular weight is 213 g/mol. The number of carbonyl (C=O) groups is 1. The lowest BCUT2D eigenvalue weighted by Crippen LogP contribution is -2.43. The predicted molar refractivity (Wildman–Crippen MR) is 55.3 cm³/mol. The molecule has 2 atom stereocenters. The summed E-state index contributed by atoms with van der Waals surface area (Å²) in [6.07, 6.45) is 5.35. The normalized spacial score (nSPS) is 30.7. The van der Waals surface area contributed by atoms with Crippen LogP contribution in [0.3, 0.4) is 0 Å². The molecular weight excluding hydrogens is 194 g/mol. The monoisotopic (exact) mass is 213 g/mol. The lowest BCUT2D eigenvalue weighted by atomic mass is 10.0. The largest absolute Gasteiger partial charge is 0.436 e. The van der Waals surface area contributed by atoms with Crippen LogP contribution in [0.15, 0.2) is 0 Å². The molecule has 2 aliphatic rings. The number of carbonyl (C=O) groups excluding carboxylic acids is 1. The van der Waals surface area contributed by atoms with Gasteiger partial charge in [0.2, 0.25) is 6.29 Å². The second-order valence-electron chi connectivity index (χ2n) is 4.26. The van der Waals surface area contributed by atoms with E-state index in [1.54, 1.807) is 0 Å². The van der Waals surface area contributed by atoms with Gasteiger partial charge in [0, 0.05) is 18.9 Å². The molecule has 0 aromatic rings. The van der Waals surface area contributed by atoms with Crippen molar-refractivity contribution in [3.05, 3.63) is 0 Å². The molecular formula is C11H19NO3. The predicted octanol–water partition coefficient (Wildman–Crippen LogP) is 1.20. The minimum Gasteiger partial charge on any atom is -0.436 e. The molecule has 15 heavy (non-hydrogen) atoms. The lowest BCUT2D eigenvalue weighted by molar-refractivity contribution is -0.187. The van der Waals surface area contributed by atoms with E-state index in [4.69, 9.17) is 9.47 Å². The molecule has 2 fully saturated rings. The Bertz CT molecular complexity index is 210. The van der Waals surface area contributed by atoms with Crippen molar-refractivity contribution in [2.75, 3.05) is 13.2 Å². The van der Waals surface area contributed by atoms with Crippen LogP contribution in [-0.4, -0.2) is 31.5 Å². The van der Waals surface area contributed by atoms with E-state index < -0.39 is 0 Å². The smallest absolute Gasteiger partial charge is 0.308 e. The zero-order valence-corrected chi connectivity index (χ0v) is 9.04. The highest BCUT2D eigenvalue weighted by Crippen LogP contribution is 2.15. The number of nitrogens with one attached hydrogen (secondary N) is 1. The zero-order valence-electron chi connectivity index (χ0n) is 9.04. The summed E-state index contributed by atoms with van der Waals surface area (Å²) in [6, 6.07) is 0.532. The van der Waals surface area contributed by atoms with Crippen LogP contribution in [0.1, 0.15) is 38.5 Å². The van der Waals surface area contributed by atoms with Crippen molar-refractivity contribution in [2.24, 2.45) is 0 Å². The van der Waals surface area contributed by atoms with Crippen molar-refractivity contribution in [1.29, 1.82) is 0 Å². The summed E-state index contributed by atoms with van der Waals surface area (Å²) in [6.45, 7) is 1.81. The third kappa shape index (κ3) is 3.47. The molecule has 86 valence electrons. The van der Waals surface area contributed by atoms with E-state index in [-0.39, 0.29) is 12.3 Å². The van der Waals surface area contributed by atoms with Gasteiger partial charge in [0.05, 0.1) is 6.61 Å². The summed E-state index contributed by atoms with van der Waals surface area (Å²) < 4.78 is 10.6. The minimum absolute atomic E-state index is 0.115. The van der Waals surface area contributed by atoms with Gasteiger partial charge < -0.3 is 14.8 Å². The van der Waals surface area contributed by atoms with Crippen molar-refractivity contribution in [3.63, 3.8) is 0 Å². The topological polar surface area (TPSA) is 47.6 Å². The molecule has 0 aromatic heterocycles. The van der Waals surface area contributed by atoms with E-state index in [0.29, 0.717) is 12.5 Å². The third-order valence-electron chi connectivity index (χ3n) is 3.02. The summed E-state index contributed by atoms with van der Waals surface area (Å²) in [5.74, 6) is -0.115. The Kier molecular flexibility index (Phi) is 3.97. The zero-order chi connectivity index (χ0) is 10.5. The van der Waals surface area contributed by atoms with Crippen LogP contribution in [0.5, 0.6) is 0 Å². The quantitative estimate of drug-likeness (QED) is 0.713. The van der Waals surface area contributed by atoms with Crippen LogP contribution in [0.2, 0.25) is 0 Å². The fraction of sp³-hybridized carbons (Fsp3) is 0.909. The Morgan fingerprint density at radius 1 is 1.40 bits per heavy atom. The molecule has 1 N–H and O–H groups in total. The first-order chi connectivity index (χ1) is 7.34. The summed E-state index contributed by atoms with van der Waals surface area (Å²) in [5, 5.41) is 3.27. The molecule has 0 amide bonds. The highest BCUT2D eigenvalue weighted by molar-refractivity contribution is 5.69. The van der Waals surface area contributed by atoms with E-state index in [2.05, 4.69) is 5.32 Å². The van der Waals surface area contributed by atoms with Crippen LogP contribution in [0, 0.1) is 0 Å². The van der Waals surface area contributed by atoms with Gasteiger partial charge in [-0.2, -0.15) is 0 Å². The van der Waals surface area contributed by atoms with Gasteiger partial charge >= 0.3 is 5.97 Å². The van der Waals surface area contributed by atoms with E-state index in [1.807, 2.05) is 0 Å². The Morgan fingerprint density at radius 3 is 2.87 bits per heavy atom. The molecule has 0 spiro atoms. The Labute approximate surface area is 90.3 Å². The standard InChI is InChI=1S/C11H19NO3/c13-10(5-4-9-6-7-12-9)15-11-3-1-2-8-14-11/h9,11-12H,1-8H2. The molecule has 0 bridgehead atoms.